The number of sulfonamides is 1. The number of carbonyl (C=O) groups excluding carboxylic acids is 2. The number of amides is 2. The molecular weight excluding hydrogens is 526 g/mol. The molecule has 0 bridgehead atoms. The summed E-state index contributed by atoms with van der Waals surface area (Å²) >= 11 is 6.04. The molecule has 0 unspecified atom stereocenters. The number of hydrogen-bond donors (Lipinski definition) is 1. The molecule has 1 atom stereocenters. The Hall–Kier alpha value is -2.78. The Morgan fingerprint density at radius 3 is 2.26 bits per heavy atom. The van der Waals surface area contributed by atoms with E-state index in [-0.39, 0.29) is 37.4 Å². The lowest BCUT2D eigenvalue weighted by Crippen LogP contribution is -2.51. The number of halogens is 1. The molecule has 1 aliphatic rings. The molecule has 3 rings (SSSR count). The van der Waals surface area contributed by atoms with E-state index < -0.39 is 16.1 Å². The van der Waals surface area contributed by atoms with Gasteiger partial charge in [-0.1, -0.05) is 43.5 Å². The first-order valence-electron chi connectivity index (χ1n) is 13.1. The Morgan fingerprint density at radius 1 is 1.08 bits per heavy atom. The highest BCUT2D eigenvalue weighted by Crippen LogP contribution is 2.23. The van der Waals surface area contributed by atoms with Gasteiger partial charge in [0.1, 0.15) is 11.8 Å². The maximum Gasteiger partial charge on any atom is 0.243 e. The Balaban J connectivity index is 1.74. The first-order valence-corrected chi connectivity index (χ1v) is 15.3. The van der Waals surface area contributed by atoms with E-state index in [0.29, 0.717) is 29.3 Å². The monoisotopic (exact) mass is 563 g/mol. The van der Waals surface area contributed by atoms with Gasteiger partial charge in [0.05, 0.1) is 19.1 Å². The number of hydrogen-bond acceptors (Lipinski definition) is 5. The first-order chi connectivity index (χ1) is 18.1. The average molecular weight is 564 g/mol. The largest absolute Gasteiger partial charge is 0.497 e. The van der Waals surface area contributed by atoms with Gasteiger partial charge in [-0.05, 0) is 67.6 Å². The summed E-state index contributed by atoms with van der Waals surface area (Å²) in [5.74, 6) is 0.283. The average Bonchev–Trinajstić information content (AvgIpc) is 3.40. The lowest BCUT2D eigenvalue weighted by atomic mass is 10.1. The number of nitrogens with one attached hydrogen (secondary N) is 1. The Labute approximate surface area is 231 Å². The van der Waals surface area contributed by atoms with Crippen molar-refractivity contribution < 1.29 is 22.7 Å². The van der Waals surface area contributed by atoms with E-state index in [1.807, 2.05) is 19.1 Å². The zero-order chi connectivity index (χ0) is 27.7. The minimum Gasteiger partial charge on any atom is -0.497 e. The smallest absolute Gasteiger partial charge is 0.243 e. The predicted molar refractivity (Wildman–Crippen MR) is 151 cm³/mol. The van der Waals surface area contributed by atoms with Gasteiger partial charge >= 0.3 is 0 Å². The molecule has 1 aliphatic carbocycles. The van der Waals surface area contributed by atoms with Crippen molar-refractivity contribution >= 4 is 39.1 Å². The van der Waals surface area contributed by atoms with Crippen LogP contribution in [0.25, 0.3) is 0 Å². The molecule has 2 amide bonds. The third-order valence-corrected chi connectivity index (χ3v) is 8.31. The molecule has 2 aromatic carbocycles. The van der Waals surface area contributed by atoms with Gasteiger partial charge in [0.15, 0.2) is 0 Å². The topological polar surface area (TPSA) is 96.0 Å². The molecule has 10 heteroatoms. The maximum atomic E-state index is 13.5. The summed E-state index contributed by atoms with van der Waals surface area (Å²) in [4.78, 5) is 28.4. The van der Waals surface area contributed by atoms with Crippen molar-refractivity contribution in [1.82, 2.24) is 10.2 Å². The van der Waals surface area contributed by atoms with E-state index >= 15 is 0 Å². The molecule has 0 radical (unpaired) electrons. The van der Waals surface area contributed by atoms with Crippen LogP contribution < -0.4 is 14.4 Å². The second-order valence-corrected chi connectivity index (χ2v) is 12.0. The zero-order valence-electron chi connectivity index (χ0n) is 22.4. The van der Waals surface area contributed by atoms with E-state index in [0.717, 1.165) is 37.5 Å². The second-order valence-electron chi connectivity index (χ2n) is 9.70. The number of anilines is 1. The quantitative estimate of drug-likeness (QED) is 0.379. The fourth-order valence-corrected chi connectivity index (χ4v) is 5.92. The van der Waals surface area contributed by atoms with Crippen molar-refractivity contribution in [2.75, 3.05) is 24.2 Å². The van der Waals surface area contributed by atoms with E-state index in [1.165, 1.54) is 4.31 Å². The van der Waals surface area contributed by atoms with Crippen LogP contribution in [-0.4, -0.2) is 57.1 Å². The number of rotatable bonds is 13. The Kier molecular flexibility index (Phi) is 10.8. The van der Waals surface area contributed by atoms with E-state index in [2.05, 4.69) is 5.32 Å². The molecule has 0 aromatic heterocycles. The van der Waals surface area contributed by atoms with E-state index in [9.17, 15) is 18.0 Å². The zero-order valence-corrected chi connectivity index (χ0v) is 23.9. The van der Waals surface area contributed by atoms with Gasteiger partial charge in [-0.25, -0.2) is 8.42 Å². The lowest BCUT2D eigenvalue weighted by molar-refractivity contribution is -0.141. The normalized spacial score (nSPS) is 14.6. The van der Waals surface area contributed by atoms with Crippen LogP contribution in [0.15, 0.2) is 48.5 Å². The maximum absolute atomic E-state index is 13.5. The second kappa shape index (κ2) is 13.8. The van der Waals surface area contributed by atoms with Crippen LogP contribution in [-0.2, 0) is 26.2 Å². The van der Waals surface area contributed by atoms with Gasteiger partial charge in [0.2, 0.25) is 21.8 Å². The van der Waals surface area contributed by atoms with Crippen molar-refractivity contribution in [3.05, 3.63) is 59.1 Å². The summed E-state index contributed by atoms with van der Waals surface area (Å²) in [6.45, 7) is 2.30. The SMILES string of the molecule is CC[C@H](C(=O)NC1CCCC1)N(Cc1ccc(Cl)cc1)C(=O)CCCN(c1ccc(OC)cc1)S(C)(=O)=O. The van der Waals surface area contributed by atoms with Crippen molar-refractivity contribution in [2.45, 2.75) is 70.5 Å². The highest BCUT2D eigenvalue weighted by Gasteiger charge is 2.30. The molecule has 1 saturated carbocycles. The van der Waals surface area contributed by atoms with Crippen LogP contribution in [0.3, 0.4) is 0 Å². The van der Waals surface area contributed by atoms with Crippen molar-refractivity contribution in [3.63, 3.8) is 0 Å². The van der Waals surface area contributed by atoms with Crippen molar-refractivity contribution in [3.8, 4) is 5.75 Å². The summed E-state index contributed by atoms with van der Waals surface area (Å²) in [6, 6.07) is 13.5. The standard InChI is InChI=1S/C28H38ClN3O5S/c1-4-26(28(34)30-23-8-5-6-9-23)31(20-21-11-13-22(29)14-12-21)27(33)10-7-19-32(38(3,35)36)24-15-17-25(37-2)18-16-24/h11-18,23,26H,4-10,19-20H2,1-3H3,(H,30,34)/t26-/m1/s1. The van der Waals surface area contributed by atoms with Gasteiger partial charge < -0.3 is 15.0 Å². The molecule has 0 spiro atoms. The van der Waals surface area contributed by atoms with Crippen LogP contribution in [0, 0.1) is 0 Å². The van der Waals surface area contributed by atoms with E-state index in [4.69, 9.17) is 16.3 Å². The predicted octanol–water partition coefficient (Wildman–Crippen LogP) is 4.76. The summed E-state index contributed by atoms with van der Waals surface area (Å²) in [5, 5.41) is 3.73. The summed E-state index contributed by atoms with van der Waals surface area (Å²) < 4.78 is 31.5. The summed E-state index contributed by atoms with van der Waals surface area (Å²) in [5.41, 5.74) is 1.37. The minimum absolute atomic E-state index is 0.100. The van der Waals surface area contributed by atoms with Gasteiger partial charge in [-0.15, -0.1) is 0 Å². The van der Waals surface area contributed by atoms with Gasteiger partial charge in [-0.3, -0.25) is 13.9 Å². The number of carbonyl (C=O) groups is 2. The number of benzene rings is 2. The minimum atomic E-state index is -3.57. The van der Waals surface area contributed by atoms with Gasteiger partial charge in [0, 0.05) is 30.6 Å². The summed E-state index contributed by atoms with van der Waals surface area (Å²) in [6.07, 6.45) is 6.13. The molecule has 8 nitrogen and oxygen atoms in total. The molecule has 0 saturated heterocycles. The fourth-order valence-electron chi connectivity index (χ4n) is 4.83. The van der Waals surface area contributed by atoms with Crippen LogP contribution >= 0.6 is 11.6 Å². The molecular formula is C28H38ClN3O5S. The number of ether oxygens (including phenoxy) is 1. The summed E-state index contributed by atoms with van der Waals surface area (Å²) in [7, 11) is -2.02. The molecule has 208 valence electrons. The highest BCUT2D eigenvalue weighted by atomic mass is 35.5. The fraction of sp³-hybridized carbons (Fsp3) is 0.500. The third-order valence-electron chi connectivity index (χ3n) is 6.87. The van der Waals surface area contributed by atoms with Crippen molar-refractivity contribution in [1.29, 1.82) is 0 Å². The van der Waals surface area contributed by atoms with E-state index in [1.54, 1.807) is 48.4 Å². The Bertz CT molecular complexity index is 1170. The van der Waals surface area contributed by atoms with Crippen LogP contribution in [0.4, 0.5) is 5.69 Å². The molecule has 0 heterocycles. The molecule has 1 N–H and O–H groups in total. The van der Waals surface area contributed by atoms with Gasteiger partial charge in [-0.2, -0.15) is 0 Å². The number of methoxy groups -OCH3 is 1. The molecule has 0 aliphatic heterocycles. The first kappa shape index (κ1) is 29.8. The molecule has 2 aromatic rings. The Morgan fingerprint density at radius 2 is 1.71 bits per heavy atom. The molecule has 1 fully saturated rings. The number of nitrogens with zero attached hydrogens (tertiary/aromatic N) is 2. The third kappa shape index (κ3) is 8.36. The van der Waals surface area contributed by atoms with Crippen LogP contribution in [0.1, 0.15) is 57.4 Å². The van der Waals surface area contributed by atoms with Crippen molar-refractivity contribution in [2.24, 2.45) is 0 Å². The van der Waals surface area contributed by atoms with Crippen LogP contribution in [0.2, 0.25) is 5.02 Å². The van der Waals surface area contributed by atoms with Crippen LogP contribution in [0.5, 0.6) is 5.75 Å². The van der Waals surface area contributed by atoms with Gasteiger partial charge in [0.25, 0.3) is 0 Å². The highest BCUT2D eigenvalue weighted by molar-refractivity contribution is 7.92. The lowest BCUT2D eigenvalue weighted by Gasteiger charge is -2.32. The molecule has 38 heavy (non-hydrogen) atoms.